The van der Waals surface area contributed by atoms with Gasteiger partial charge in [0.15, 0.2) is 0 Å². The van der Waals surface area contributed by atoms with Gasteiger partial charge < -0.3 is 10.1 Å². The number of ether oxygens (including phenoxy) is 1. The molecule has 1 aromatic rings. The van der Waals surface area contributed by atoms with E-state index in [2.05, 4.69) is 49.3 Å². The predicted molar refractivity (Wildman–Crippen MR) is 87.0 cm³/mol. The molecule has 3 nitrogen and oxygen atoms in total. The van der Waals surface area contributed by atoms with Crippen LogP contribution in [-0.4, -0.2) is 43.7 Å². The minimum absolute atomic E-state index is 0.338. The Morgan fingerprint density at radius 3 is 3.00 bits per heavy atom. The van der Waals surface area contributed by atoms with E-state index in [-0.39, 0.29) is 0 Å². The zero-order chi connectivity index (χ0) is 14.8. The fraction of sp³-hybridized carbons (Fsp3) is 0.667. The second-order valence-corrected chi connectivity index (χ2v) is 6.67. The third kappa shape index (κ3) is 3.24. The summed E-state index contributed by atoms with van der Waals surface area (Å²) in [6, 6.07) is 7.24. The van der Waals surface area contributed by atoms with Crippen molar-refractivity contribution >= 4 is 0 Å². The first-order valence-corrected chi connectivity index (χ1v) is 8.35. The van der Waals surface area contributed by atoms with Crippen LogP contribution in [0.4, 0.5) is 0 Å². The monoisotopic (exact) mass is 288 g/mol. The van der Waals surface area contributed by atoms with E-state index in [1.807, 2.05) is 0 Å². The standard InChI is InChI=1S/C18H28N2O/c1-4-14-11-20(8-7-17(14)19-3)12-16-10-15-9-13(2)5-6-18(15)21-16/h5-6,9,14,16-17,19H,4,7-8,10-12H2,1-3H3. The van der Waals surface area contributed by atoms with Crippen molar-refractivity contribution in [3.8, 4) is 5.75 Å². The number of aryl methyl sites for hydroxylation is 1. The Labute approximate surface area is 128 Å². The number of likely N-dealkylation sites (tertiary alicyclic amines) is 1. The zero-order valence-corrected chi connectivity index (χ0v) is 13.6. The Hall–Kier alpha value is -1.06. The number of rotatable bonds is 4. The molecule has 0 bridgehead atoms. The van der Waals surface area contributed by atoms with Crippen LogP contribution in [0.15, 0.2) is 18.2 Å². The normalized spacial score (nSPS) is 29.2. The highest BCUT2D eigenvalue weighted by atomic mass is 16.5. The molecule has 1 saturated heterocycles. The van der Waals surface area contributed by atoms with Crippen LogP contribution >= 0.6 is 0 Å². The number of piperidine rings is 1. The smallest absolute Gasteiger partial charge is 0.123 e. The van der Waals surface area contributed by atoms with Crippen LogP contribution < -0.4 is 10.1 Å². The van der Waals surface area contributed by atoms with Gasteiger partial charge >= 0.3 is 0 Å². The lowest BCUT2D eigenvalue weighted by Crippen LogP contribution is -2.50. The fourth-order valence-electron chi connectivity index (χ4n) is 3.91. The molecular weight excluding hydrogens is 260 g/mol. The van der Waals surface area contributed by atoms with Crippen molar-refractivity contribution in [3.63, 3.8) is 0 Å². The minimum atomic E-state index is 0.338. The fourth-order valence-corrected chi connectivity index (χ4v) is 3.91. The lowest BCUT2D eigenvalue weighted by molar-refractivity contribution is 0.0925. The summed E-state index contributed by atoms with van der Waals surface area (Å²) in [5.74, 6) is 1.87. The SMILES string of the molecule is CCC1CN(CC2Cc3cc(C)ccc3O2)CCC1NC. The van der Waals surface area contributed by atoms with Crippen molar-refractivity contribution in [2.24, 2.45) is 5.92 Å². The molecule has 0 aliphatic carbocycles. The summed E-state index contributed by atoms with van der Waals surface area (Å²) in [6.07, 6.45) is 3.92. The van der Waals surface area contributed by atoms with Crippen molar-refractivity contribution in [1.29, 1.82) is 0 Å². The Morgan fingerprint density at radius 2 is 2.24 bits per heavy atom. The Bertz CT molecular complexity index is 488. The lowest BCUT2D eigenvalue weighted by atomic mass is 9.90. The Kier molecular flexibility index (Phi) is 4.51. The van der Waals surface area contributed by atoms with Crippen molar-refractivity contribution in [2.75, 3.05) is 26.7 Å². The summed E-state index contributed by atoms with van der Waals surface area (Å²) in [5.41, 5.74) is 2.72. The molecule has 0 aromatic heterocycles. The molecule has 2 aliphatic heterocycles. The maximum Gasteiger partial charge on any atom is 0.123 e. The van der Waals surface area contributed by atoms with E-state index < -0.39 is 0 Å². The van der Waals surface area contributed by atoms with Gasteiger partial charge in [0.1, 0.15) is 11.9 Å². The van der Waals surface area contributed by atoms with E-state index >= 15 is 0 Å². The molecular formula is C18H28N2O. The summed E-state index contributed by atoms with van der Waals surface area (Å²) in [7, 11) is 2.10. The summed E-state index contributed by atoms with van der Waals surface area (Å²) < 4.78 is 6.13. The molecule has 3 unspecified atom stereocenters. The second kappa shape index (κ2) is 6.37. The molecule has 3 atom stereocenters. The van der Waals surface area contributed by atoms with Gasteiger partial charge in [-0.25, -0.2) is 0 Å². The molecule has 21 heavy (non-hydrogen) atoms. The molecule has 1 aromatic carbocycles. The van der Waals surface area contributed by atoms with Crippen LogP contribution in [0.3, 0.4) is 0 Å². The van der Waals surface area contributed by atoms with Gasteiger partial charge in [-0.1, -0.05) is 31.0 Å². The van der Waals surface area contributed by atoms with E-state index in [1.54, 1.807) is 0 Å². The van der Waals surface area contributed by atoms with Crippen molar-refractivity contribution in [2.45, 2.75) is 45.3 Å². The van der Waals surface area contributed by atoms with Gasteiger partial charge in [0.25, 0.3) is 0 Å². The first-order chi connectivity index (χ1) is 10.2. The highest BCUT2D eigenvalue weighted by molar-refractivity contribution is 5.40. The number of nitrogens with one attached hydrogen (secondary N) is 1. The maximum absolute atomic E-state index is 6.13. The summed E-state index contributed by atoms with van der Waals surface area (Å²) >= 11 is 0. The highest BCUT2D eigenvalue weighted by Gasteiger charge is 2.30. The van der Waals surface area contributed by atoms with Crippen LogP contribution in [0.25, 0.3) is 0 Å². The van der Waals surface area contributed by atoms with E-state index in [4.69, 9.17) is 4.74 Å². The molecule has 3 heteroatoms. The molecule has 1 fully saturated rings. The molecule has 2 heterocycles. The van der Waals surface area contributed by atoms with Gasteiger partial charge in [-0.3, -0.25) is 4.90 Å². The Balaban J connectivity index is 1.57. The van der Waals surface area contributed by atoms with Gasteiger partial charge in [-0.05, 0) is 44.5 Å². The number of benzene rings is 1. The molecule has 2 aliphatic rings. The van der Waals surface area contributed by atoms with Crippen molar-refractivity contribution in [3.05, 3.63) is 29.3 Å². The predicted octanol–water partition coefficient (Wildman–Crippen LogP) is 2.62. The molecule has 0 radical (unpaired) electrons. The zero-order valence-electron chi connectivity index (χ0n) is 13.6. The first kappa shape index (κ1) is 14.9. The molecule has 3 rings (SSSR count). The largest absolute Gasteiger partial charge is 0.488 e. The number of nitrogens with zero attached hydrogens (tertiary/aromatic N) is 1. The average Bonchev–Trinajstić information content (AvgIpc) is 2.88. The van der Waals surface area contributed by atoms with Gasteiger partial charge in [0.05, 0.1) is 0 Å². The first-order valence-electron chi connectivity index (χ1n) is 8.35. The third-order valence-electron chi connectivity index (χ3n) is 5.13. The van der Waals surface area contributed by atoms with E-state index in [1.165, 1.54) is 37.1 Å². The number of fused-ring (bicyclic) bond motifs is 1. The van der Waals surface area contributed by atoms with E-state index in [9.17, 15) is 0 Å². The quantitative estimate of drug-likeness (QED) is 0.922. The number of hydrogen-bond donors (Lipinski definition) is 1. The summed E-state index contributed by atoms with van der Waals surface area (Å²) in [5, 5.41) is 3.48. The van der Waals surface area contributed by atoms with E-state index in [0.29, 0.717) is 12.1 Å². The van der Waals surface area contributed by atoms with Crippen LogP contribution in [0.5, 0.6) is 5.75 Å². The van der Waals surface area contributed by atoms with Crippen LogP contribution in [0.1, 0.15) is 30.9 Å². The molecule has 0 amide bonds. The molecule has 0 spiro atoms. The molecule has 0 saturated carbocycles. The maximum atomic E-state index is 6.13. The topological polar surface area (TPSA) is 24.5 Å². The Morgan fingerprint density at radius 1 is 1.38 bits per heavy atom. The third-order valence-corrected chi connectivity index (χ3v) is 5.13. The van der Waals surface area contributed by atoms with Crippen LogP contribution in [0.2, 0.25) is 0 Å². The highest BCUT2D eigenvalue weighted by Crippen LogP contribution is 2.30. The summed E-state index contributed by atoms with van der Waals surface area (Å²) in [6.45, 7) is 7.93. The van der Waals surface area contributed by atoms with Gasteiger partial charge in [-0.2, -0.15) is 0 Å². The minimum Gasteiger partial charge on any atom is -0.488 e. The molecule has 116 valence electrons. The lowest BCUT2D eigenvalue weighted by Gasteiger charge is -2.39. The van der Waals surface area contributed by atoms with Crippen LogP contribution in [0, 0.1) is 12.8 Å². The number of hydrogen-bond acceptors (Lipinski definition) is 3. The van der Waals surface area contributed by atoms with Crippen molar-refractivity contribution < 1.29 is 4.74 Å². The van der Waals surface area contributed by atoms with E-state index in [0.717, 1.165) is 24.6 Å². The van der Waals surface area contributed by atoms with Gasteiger partial charge in [0.2, 0.25) is 0 Å². The van der Waals surface area contributed by atoms with Crippen LogP contribution in [-0.2, 0) is 6.42 Å². The molecule has 1 N–H and O–H groups in total. The van der Waals surface area contributed by atoms with Gasteiger partial charge in [-0.15, -0.1) is 0 Å². The van der Waals surface area contributed by atoms with Gasteiger partial charge in [0, 0.05) is 25.6 Å². The van der Waals surface area contributed by atoms with Crippen molar-refractivity contribution in [1.82, 2.24) is 10.2 Å². The summed E-state index contributed by atoms with van der Waals surface area (Å²) in [4.78, 5) is 2.60. The average molecular weight is 288 g/mol. The second-order valence-electron chi connectivity index (χ2n) is 6.67.